The number of para-hydroxylation sites is 1. The van der Waals surface area contributed by atoms with Gasteiger partial charge >= 0.3 is 6.09 Å². The SMILES string of the molecule is CCOc1ccccc1CCC(=O)Nc1sc2c(c1C#N)CCC(COC(=O)N1CCOCC1)C2. The van der Waals surface area contributed by atoms with Gasteiger partial charge in [-0.05, 0) is 55.7 Å². The zero-order valence-corrected chi connectivity index (χ0v) is 20.8. The fourth-order valence-electron chi connectivity index (χ4n) is 4.47. The summed E-state index contributed by atoms with van der Waals surface area (Å²) in [5, 5.41) is 13.3. The van der Waals surface area contributed by atoms with Crippen LogP contribution in [0.3, 0.4) is 0 Å². The summed E-state index contributed by atoms with van der Waals surface area (Å²) in [4.78, 5) is 27.8. The number of nitrogens with one attached hydrogen (secondary N) is 1. The van der Waals surface area contributed by atoms with E-state index in [9.17, 15) is 14.9 Å². The lowest BCUT2D eigenvalue weighted by atomic mass is 9.88. The molecule has 1 aromatic carbocycles. The van der Waals surface area contributed by atoms with Crippen molar-refractivity contribution in [2.75, 3.05) is 44.8 Å². The number of thiophene rings is 1. The standard InChI is InChI=1S/C26H31N3O5S/c1-2-33-22-6-4-3-5-19(22)8-10-24(30)28-25-21(16-27)20-9-7-18(15-23(20)35-25)17-34-26(31)29-11-13-32-14-12-29/h3-6,18H,2,7-15,17H2,1H3,(H,28,30). The number of hydrogen-bond acceptors (Lipinski definition) is 7. The number of rotatable bonds is 8. The summed E-state index contributed by atoms with van der Waals surface area (Å²) < 4.78 is 16.5. The Balaban J connectivity index is 1.33. The molecule has 35 heavy (non-hydrogen) atoms. The van der Waals surface area contributed by atoms with E-state index in [1.807, 2.05) is 31.2 Å². The van der Waals surface area contributed by atoms with Gasteiger partial charge in [0.15, 0.2) is 0 Å². The summed E-state index contributed by atoms with van der Waals surface area (Å²) in [6.07, 6.45) is 2.90. The average molecular weight is 498 g/mol. The number of benzene rings is 1. The first-order valence-corrected chi connectivity index (χ1v) is 12.9. The van der Waals surface area contributed by atoms with Crippen LogP contribution in [0, 0.1) is 17.2 Å². The molecule has 0 spiro atoms. The minimum absolute atomic E-state index is 0.123. The summed E-state index contributed by atoms with van der Waals surface area (Å²) in [5.74, 6) is 0.881. The summed E-state index contributed by atoms with van der Waals surface area (Å²) in [7, 11) is 0. The minimum atomic E-state index is -0.290. The van der Waals surface area contributed by atoms with Crippen molar-refractivity contribution in [3.8, 4) is 11.8 Å². The quantitative estimate of drug-likeness (QED) is 0.588. The molecule has 2 amide bonds. The molecule has 2 aromatic rings. The van der Waals surface area contributed by atoms with E-state index < -0.39 is 0 Å². The Morgan fingerprint density at radius 2 is 2.09 bits per heavy atom. The van der Waals surface area contributed by atoms with Gasteiger partial charge in [0.05, 0.1) is 32.0 Å². The molecule has 1 aliphatic heterocycles. The topological polar surface area (TPSA) is 101 Å². The number of carbonyl (C=O) groups excluding carboxylic acids is 2. The average Bonchev–Trinajstić information content (AvgIpc) is 3.23. The fraction of sp³-hybridized carbons (Fsp3) is 0.500. The third-order valence-corrected chi connectivity index (χ3v) is 7.51. The molecule has 2 aliphatic rings. The molecule has 1 N–H and O–H groups in total. The monoisotopic (exact) mass is 497 g/mol. The second-order valence-electron chi connectivity index (χ2n) is 8.69. The second-order valence-corrected chi connectivity index (χ2v) is 9.80. The maximum atomic E-state index is 12.7. The van der Waals surface area contributed by atoms with Gasteiger partial charge in [-0.1, -0.05) is 18.2 Å². The number of aryl methyl sites for hydroxylation is 1. The summed E-state index contributed by atoms with van der Waals surface area (Å²) >= 11 is 1.47. The molecule has 1 atom stereocenters. The van der Waals surface area contributed by atoms with Crippen LogP contribution in [0.15, 0.2) is 24.3 Å². The summed E-state index contributed by atoms with van der Waals surface area (Å²) in [6.45, 7) is 5.07. The van der Waals surface area contributed by atoms with Gasteiger partial charge in [0, 0.05) is 24.4 Å². The van der Waals surface area contributed by atoms with Crippen molar-refractivity contribution < 1.29 is 23.8 Å². The minimum Gasteiger partial charge on any atom is -0.494 e. The van der Waals surface area contributed by atoms with E-state index in [1.54, 1.807) is 4.90 Å². The predicted molar refractivity (Wildman–Crippen MR) is 133 cm³/mol. The highest BCUT2D eigenvalue weighted by atomic mass is 32.1. The van der Waals surface area contributed by atoms with Gasteiger partial charge in [-0.2, -0.15) is 5.26 Å². The molecule has 1 aromatic heterocycles. The highest BCUT2D eigenvalue weighted by Gasteiger charge is 2.28. The molecule has 0 saturated carbocycles. The number of nitrogens with zero attached hydrogens (tertiary/aromatic N) is 2. The normalized spacial score (nSPS) is 17.3. The van der Waals surface area contributed by atoms with Crippen LogP contribution in [-0.2, 0) is 33.5 Å². The van der Waals surface area contributed by atoms with Crippen molar-refractivity contribution in [1.82, 2.24) is 4.90 Å². The van der Waals surface area contributed by atoms with Gasteiger partial charge in [0.1, 0.15) is 16.8 Å². The molecule has 2 heterocycles. The van der Waals surface area contributed by atoms with Crippen LogP contribution in [-0.4, -0.2) is 56.4 Å². The molecule has 1 saturated heterocycles. The number of hydrogen-bond donors (Lipinski definition) is 1. The number of morpholine rings is 1. The Morgan fingerprint density at radius 3 is 2.86 bits per heavy atom. The second kappa shape index (κ2) is 12.0. The van der Waals surface area contributed by atoms with Crippen molar-refractivity contribution >= 4 is 28.3 Å². The van der Waals surface area contributed by atoms with E-state index in [4.69, 9.17) is 14.2 Å². The van der Waals surface area contributed by atoms with E-state index >= 15 is 0 Å². The van der Waals surface area contributed by atoms with Gasteiger partial charge in [-0.25, -0.2) is 4.79 Å². The van der Waals surface area contributed by atoms with Crippen LogP contribution < -0.4 is 10.1 Å². The molecule has 1 unspecified atom stereocenters. The number of anilines is 1. The number of fused-ring (bicyclic) bond motifs is 1. The van der Waals surface area contributed by atoms with E-state index in [0.717, 1.165) is 41.0 Å². The Kier molecular flexibility index (Phi) is 8.61. The molecular formula is C26H31N3O5S. The largest absolute Gasteiger partial charge is 0.494 e. The van der Waals surface area contributed by atoms with Gasteiger partial charge in [-0.3, -0.25) is 4.79 Å². The molecule has 8 nitrogen and oxygen atoms in total. The van der Waals surface area contributed by atoms with Crippen LogP contribution in [0.25, 0.3) is 0 Å². The van der Waals surface area contributed by atoms with E-state index in [-0.39, 0.29) is 17.9 Å². The van der Waals surface area contributed by atoms with E-state index in [1.165, 1.54) is 11.3 Å². The lowest BCUT2D eigenvalue weighted by molar-refractivity contribution is -0.116. The molecule has 0 bridgehead atoms. The molecule has 0 radical (unpaired) electrons. The van der Waals surface area contributed by atoms with E-state index in [0.29, 0.717) is 62.9 Å². The van der Waals surface area contributed by atoms with Gasteiger partial charge in [0.25, 0.3) is 0 Å². The Bertz CT molecular complexity index is 1090. The zero-order valence-electron chi connectivity index (χ0n) is 20.0. The maximum Gasteiger partial charge on any atom is 0.409 e. The predicted octanol–water partition coefficient (Wildman–Crippen LogP) is 4.16. The Hall–Kier alpha value is -3.09. The number of carbonyl (C=O) groups is 2. The van der Waals surface area contributed by atoms with E-state index in [2.05, 4.69) is 11.4 Å². The first kappa shape index (κ1) is 25.0. The molecule has 1 aliphatic carbocycles. The van der Waals surface area contributed by atoms with Crippen LogP contribution in [0.5, 0.6) is 5.75 Å². The third-order valence-electron chi connectivity index (χ3n) is 6.34. The summed E-state index contributed by atoms with van der Waals surface area (Å²) in [5.41, 5.74) is 2.58. The van der Waals surface area contributed by atoms with Crippen molar-refractivity contribution in [2.24, 2.45) is 5.92 Å². The molecule has 9 heteroatoms. The van der Waals surface area contributed by atoms with Crippen molar-refractivity contribution in [1.29, 1.82) is 5.26 Å². The Morgan fingerprint density at radius 1 is 1.29 bits per heavy atom. The fourth-order valence-corrected chi connectivity index (χ4v) is 5.80. The van der Waals surface area contributed by atoms with Gasteiger partial charge in [0.2, 0.25) is 5.91 Å². The van der Waals surface area contributed by atoms with Crippen molar-refractivity contribution in [2.45, 2.75) is 39.0 Å². The smallest absolute Gasteiger partial charge is 0.409 e. The van der Waals surface area contributed by atoms with Crippen LogP contribution in [0.2, 0.25) is 0 Å². The third kappa shape index (κ3) is 6.32. The van der Waals surface area contributed by atoms with Crippen molar-refractivity contribution in [3.63, 3.8) is 0 Å². The van der Waals surface area contributed by atoms with Crippen molar-refractivity contribution in [3.05, 3.63) is 45.8 Å². The number of ether oxygens (including phenoxy) is 3. The molecule has 4 rings (SSSR count). The first-order chi connectivity index (χ1) is 17.1. The maximum absolute atomic E-state index is 12.7. The number of nitriles is 1. The molecule has 1 fully saturated rings. The summed E-state index contributed by atoms with van der Waals surface area (Å²) in [6, 6.07) is 10.0. The number of amides is 2. The first-order valence-electron chi connectivity index (χ1n) is 12.1. The zero-order chi connectivity index (χ0) is 24.6. The lowest BCUT2D eigenvalue weighted by Crippen LogP contribution is -2.41. The molecular weight excluding hydrogens is 466 g/mol. The highest BCUT2D eigenvalue weighted by Crippen LogP contribution is 2.39. The Labute approximate surface area is 209 Å². The van der Waals surface area contributed by atoms with Gasteiger partial charge < -0.3 is 24.4 Å². The molecule has 186 valence electrons. The van der Waals surface area contributed by atoms with Crippen LogP contribution >= 0.6 is 11.3 Å². The van der Waals surface area contributed by atoms with Crippen LogP contribution in [0.1, 0.15) is 41.3 Å². The lowest BCUT2D eigenvalue weighted by Gasteiger charge is -2.27. The van der Waals surface area contributed by atoms with Gasteiger partial charge in [-0.15, -0.1) is 11.3 Å². The highest BCUT2D eigenvalue weighted by molar-refractivity contribution is 7.16. The van der Waals surface area contributed by atoms with Crippen LogP contribution in [0.4, 0.5) is 9.80 Å².